The number of carbonyl (C=O) groups excluding carboxylic acids is 1. The van der Waals surface area contributed by atoms with E-state index in [-0.39, 0.29) is 11.9 Å². The number of likely N-dealkylation sites (tertiary alicyclic amines) is 1. The van der Waals surface area contributed by atoms with Crippen LogP contribution in [0.3, 0.4) is 0 Å². The lowest BCUT2D eigenvalue weighted by atomic mass is 9.86. The highest BCUT2D eigenvalue weighted by Crippen LogP contribution is 2.32. The molecule has 3 atom stereocenters. The molecule has 2 fully saturated rings. The fourth-order valence-electron chi connectivity index (χ4n) is 5.62. The van der Waals surface area contributed by atoms with Crippen molar-refractivity contribution in [1.29, 1.82) is 0 Å². The SMILES string of the molecule is O=C(CC1CCCC1)N[C@H](c1ccccn1)[C@H]1CCCN(C[C@H]2CC=CCC2)C1. The van der Waals surface area contributed by atoms with Crippen molar-refractivity contribution in [2.75, 3.05) is 19.6 Å². The fraction of sp³-hybridized carbons (Fsp3) is 0.680. The van der Waals surface area contributed by atoms with Crippen LogP contribution in [-0.4, -0.2) is 35.4 Å². The summed E-state index contributed by atoms with van der Waals surface area (Å²) in [5.74, 6) is 2.05. The maximum Gasteiger partial charge on any atom is 0.220 e. The predicted molar refractivity (Wildman–Crippen MR) is 117 cm³/mol. The molecule has 4 nitrogen and oxygen atoms in total. The van der Waals surface area contributed by atoms with Crippen LogP contribution in [0.5, 0.6) is 0 Å². The van der Waals surface area contributed by atoms with Gasteiger partial charge in [-0.25, -0.2) is 0 Å². The van der Waals surface area contributed by atoms with Crippen molar-refractivity contribution in [1.82, 2.24) is 15.2 Å². The van der Waals surface area contributed by atoms with Gasteiger partial charge in [-0.2, -0.15) is 0 Å². The Balaban J connectivity index is 1.40. The Morgan fingerprint density at radius 2 is 2.00 bits per heavy atom. The molecule has 2 aliphatic carbocycles. The zero-order chi connectivity index (χ0) is 19.9. The third kappa shape index (κ3) is 5.91. The molecule has 2 heterocycles. The average molecular weight is 396 g/mol. The van der Waals surface area contributed by atoms with Crippen LogP contribution in [0.4, 0.5) is 0 Å². The highest BCUT2D eigenvalue weighted by molar-refractivity contribution is 5.76. The number of hydrogen-bond acceptors (Lipinski definition) is 3. The maximum absolute atomic E-state index is 12.9. The Kier molecular flexibility index (Phi) is 7.37. The second kappa shape index (κ2) is 10.4. The summed E-state index contributed by atoms with van der Waals surface area (Å²) < 4.78 is 0. The minimum absolute atomic E-state index is 0.0409. The van der Waals surface area contributed by atoms with Gasteiger partial charge in [-0.05, 0) is 81.4 Å². The van der Waals surface area contributed by atoms with Gasteiger partial charge in [0, 0.05) is 25.7 Å². The van der Waals surface area contributed by atoms with Gasteiger partial charge in [-0.1, -0.05) is 31.1 Å². The van der Waals surface area contributed by atoms with E-state index in [1.165, 1.54) is 70.9 Å². The van der Waals surface area contributed by atoms with Gasteiger partial charge in [0.25, 0.3) is 0 Å². The molecule has 0 spiro atoms. The van der Waals surface area contributed by atoms with Crippen LogP contribution in [0.15, 0.2) is 36.5 Å². The number of piperidine rings is 1. The summed E-state index contributed by atoms with van der Waals surface area (Å²) in [6.07, 6.45) is 18.4. The number of hydrogen-bond donors (Lipinski definition) is 1. The van der Waals surface area contributed by atoms with Crippen LogP contribution < -0.4 is 5.32 Å². The first-order valence-electron chi connectivity index (χ1n) is 11.9. The number of nitrogens with one attached hydrogen (secondary N) is 1. The molecule has 1 N–H and O–H groups in total. The van der Waals surface area contributed by atoms with E-state index in [0.717, 1.165) is 18.2 Å². The molecular weight excluding hydrogens is 358 g/mol. The lowest BCUT2D eigenvalue weighted by Gasteiger charge is -2.39. The molecule has 1 saturated heterocycles. The molecule has 0 bridgehead atoms. The first-order chi connectivity index (χ1) is 14.3. The molecule has 1 amide bonds. The molecular formula is C25H37N3O. The Labute approximate surface area is 176 Å². The van der Waals surface area contributed by atoms with Crippen LogP contribution in [0.2, 0.25) is 0 Å². The van der Waals surface area contributed by atoms with Crippen LogP contribution >= 0.6 is 0 Å². The number of pyridine rings is 1. The summed E-state index contributed by atoms with van der Waals surface area (Å²) in [4.78, 5) is 20.2. The second-order valence-electron chi connectivity index (χ2n) is 9.47. The molecule has 4 heteroatoms. The molecule has 1 aromatic rings. The molecule has 0 radical (unpaired) electrons. The van der Waals surface area contributed by atoms with Gasteiger partial charge in [-0.15, -0.1) is 0 Å². The molecule has 1 aromatic heterocycles. The van der Waals surface area contributed by atoms with E-state index in [1.807, 2.05) is 18.3 Å². The number of nitrogens with zero attached hydrogens (tertiary/aromatic N) is 2. The minimum Gasteiger partial charge on any atom is -0.347 e. The lowest BCUT2D eigenvalue weighted by Crippen LogP contribution is -2.44. The van der Waals surface area contributed by atoms with Crippen molar-refractivity contribution in [3.05, 3.63) is 42.2 Å². The smallest absolute Gasteiger partial charge is 0.220 e. The Morgan fingerprint density at radius 1 is 1.10 bits per heavy atom. The summed E-state index contributed by atoms with van der Waals surface area (Å²) >= 11 is 0. The minimum atomic E-state index is 0.0409. The fourth-order valence-corrected chi connectivity index (χ4v) is 5.62. The zero-order valence-electron chi connectivity index (χ0n) is 17.8. The number of allylic oxidation sites excluding steroid dienone is 2. The normalized spacial score (nSPS) is 27.0. The van der Waals surface area contributed by atoms with Crippen LogP contribution in [0.1, 0.15) is 75.9 Å². The average Bonchev–Trinajstić information content (AvgIpc) is 3.26. The molecule has 1 saturated carbocycles. The van der Waals surface area contributed by atoms with Crippen molar-refractivity contribution in [2.24, 2.45) is 17.8 Å². The van der Waals surface area contributed by atoms with E-state index in [2.05, 4.69) is 33.4 Å². The molecule has 4 rings (SSSR count). The van der Waals surface area contributed by atoms with Gasteiger partial charge in [0.15, 0.2) is 0 Å². The Bertz CT molecular complexity index is 668. The van der Waals surface area contributed by atoms with E-state index in [9.17, 15) is 4.79 Å². The zero-order valence-corrected chi connectivity index (χ0v) is 17.8. The van der Waals surface area contributed by atoms with Crippen molar-refractivity contribution < 1.29 is 4.79 Å². The van der Waals surface area contributed by atoms with Crippen LogP contribution in [-0.2, 0) is 4.79 Å². The van der Waals surface area contributed by atoms with Crippen molar-refractivity contribution in [3.63, 3.8) is 0 Å². The number of aromatic nitrogens is 1. The van der Waals surface area contributed by atoms with Crippen molar-refractivity contribution in [3.8, 4) is 0 Å². The highest BCUT2D eigenvalue weighted by Gasteiger charge is 2.31. The number of amides is 1. The summed E-state index contributed by atoms with van der Waals surface area (Å²) in [7, 11) is 0. The van der Waals surface area contributed by atoms with E-state index in [4.69, 9.17) is 0 Å². The topological polar surface area (TPSA) is 45.2 Å². The molecule has 0 unspecified atom stereocenters. The summed E-state index contributed by atoms with van der Waals surface area (Å²) in [6, 6.07) is 6.14. The largest absolute Gasteiger partial charge is 0.347 e. The first-order valence-corrected chi connectivity index (χ1v) is 11.9. The summed E-state index contributed by atoms with van der Waals surface area (Å²) in [5.41, 5.74) is 1.03. The Hall–Kier alpha value is -1.68. The molecule has 1 aliphatic heterocycles. The van der Waals surface area contributed by atoms with E-state index in [1.54, 1.807) is 0 Å². The van der Waals surface area contributed by atoms with Crippen LogP contribution in [0.25, 0.3) is 0 Å². The van der Waals surface area contributed by atoms with Crippen LogP contribution in [0, 0.1) is 17.8 Å². The number of rotatable bonds is 7. The van der Waals surface area contributed by atoms with Crippen molar-refractivity contribution >= 4 is 5.91 Å². The van der Waals surface area contributed by atoms with Gasteiger partial charge >= 0.3 is 0 Å². The van der Waals surface area contributed by atoms with Gasteiger partial charge in [0.05, 0.1) is 11.7 Å². The second-order valence-corrected chi connectivity index (χ2v) is 9.47. The molecule has 3 aliphatic rings. The summed E-state index contributed by atoms with van der Waals surface area (Å²) in [6.45, 7) is 3.47. The van der Waals surface area contributed by atoms with Crippen molar-refractivity contribution in [2.45, 2.75) is 70.3 Å². The molecule has 29 heavy (non-hydrogen) atoms. The monoisotopic (exact) mass is 395 g/mol. The number of carbonyl (C=O) groups is 1. The van der Waals surface area contributed by atoms with E-state index in [0.29, 0.717) is 18.3 Å². The third-order valence-corrected chi connectivity index (χ3v) is 7.18. The summed E-state index contributed by atoms with van der Waals surface area (Å²) in [5, 5.41) is 3.41. The van der Waals surface area contributed by atoms with Gasteiger partial charge < -0.3 is 10.2 Å². The molecule has 158 valence electrons. The Morgan fingerprint density at radius 3 is 2.76 bits per heavy atom. The van der Waals surface area contributed by atoms with Gasteiger partial charge in [0.1, 0.15) is 0 Å². The maximum atomic E-state index is 12.9. The van der Waals surface area contributed by atoms with E-state index < -0.39 is 0 Å². The van der Waals surface area contributed by atoms with Gasteiger partial charge in [-0.3, -0.25) is 9.78 Å². The third-order valence-electron chi connectivity index (χ3n) is 7.18. The van der Waals surface area contributed by atoms with E-state index >= 15 is 0 Å². The lowest BCUT2D eigenvalue weighted by molar-refractivity contribution is -0.123. The first kappa shape index (κ1) is 20.6. The quantitative estimate of drug-likeness (QED) is 0.669. The standard InChI is InChI=1S/C25H37N3O/c29-24(17-20-9-4-5-10-20)27-25(23-14-6-7-15-26-23)22-13-8-16-28(19-22)18-21-11-2-1-3-12-21/h1-2,6-7,14-15,20-22,25H,3-5,8-13,16-19H2,(H,27,29)/t21-,22-,25-/m0/s1. The molecule has 0 aromatic carbocycles. The highest BCUT2D eigenvalue weighted by atomic mass is 16.1. The van der Waals surface area contributed by atoms with Gasteiger partial charge in [0.2, 0.25) is 5.91 Å². The predicted octanol–water partition coefficient (Wildman–Crippen LogP) is 4.89.